The van der Waals surface area contributed by atoms with Crippen LogP contribution in [0.25, 0.3) is 32.6 Å². The van der Waals surface area contributed by atoms with Crippen LogP contribution in [-0.2, 0) is 26.1 Å². The smallest absolute Gasteiger partial charge is 0.320 e. The quantitative estimate of drug-likeness (QED) is 0.331. The zero-order chi connectivity index (χ0) is 26.6. The second-order valence-electron chi connectivity index (χ2n) is 9.67. The maximum absolute atomic E-state index is 14.0. The fourth-order valence-electron chi connectivity index (χ4n) is 5.22. The van der Waals surface area contributed by atoms with E-state index in [2.05, 4.69) is 0 Å². The highest BCUT2D eigenvalue weighted by Gasteiger charge is 2.50. The lowest BCUT2D eigenvalue weighted by molar-refractivity contribution is -0.188. The predicted octanol–water partition coefficient (Wildman–Crippen LogP) is 3.50. The third-order valence-corrected chi connectivity index (χ3v) is 6.85. The molecule has 0 bridgehead atoms. The maximum atomic E-state index is 14.0. The van der Waals surface area contributed by atoms with Crippen molar-refractivity contribution in [1.29, 1.82) is 0 Å². The van der Waals surface area contributed by atoms with Crippen LogP contribution >= 0.6 is 0 Å². The molecule has 0 fully saturated rings. The first-order chi connectivity index (χ1) is 17.6. The molecule has 9 nitrogen and oxygen atoms in total. The number of aryl methyl sites for hydroxylation is 1. The van der Waals surface area contributed by atoms with E-state index < -0.39 is 29.7 Å². The van der Waals surface area contributed by atoms with Crippen molar-refractivity contribution in [3.8, 4) is 11.5 Å². The summed E-state index contributed by atoms with van der Waals surface area (Å²) in [4.78, 5) is 38.5. The Morgan fingerprint density at radius 1 is 1.11 bits per heavy atom. The van der Waals surface area contributed by atoms with Gasteiger partial charge in [-0.3, -0.25) is 14.4 Å². The Morgan fingerprint density at radius 2 is 1.78 bits per heavy atom. The van der Waals surface area contributed by atoms with Gasteiger partial charge in [-0.15, -0.1) is 0 Å². The molecule has 192 valence electrons. The molecule has 9 heteroatoms. The van der Waals surface area contributed by atoms with Crippen molar-refractivity contribution < 1.29 is 28.5 Å². The average Bonchev–Trinajstić information content (AvgIpc) is 2.86. The summed E-state index contributed by atoms with van der Waals surface area (Å²) in [6, 6.07) is 13.2. The standard InChI is InChI=1S/C28H28N2O7/c1-14(31)35-26-23-20(37-28(2,3)27(26)36-21(32)13-29)12-19(34-5)22-24(23)30(4)18-11-16-9-7-6-8-15(16)10-17(18)25(22)33/h6-12,26-27H,13,29H2,1-5H3/t26-,27-/m0/s1. The molecule has 2 N–H and O–H groups in total. The van der Waals surface area contributed by atoms with Gasteiger partial charge in [0.2, 0.25) is 5.43 Å². The van der Waals surface area contributed by atoms with Crippen LogP contribution in [0, 0.1) is 0 Å². The summed E-state index contributed by atoms with van der Waals surface area (Å²) >= 11 is 0. The second kappa shape index (κ2) is 8.77. The van der Waals surface area contributed by atoms with E-state index in [0.29, 0.717) is 38.9 Å². The van der Waals surface area contributed by atoms with Crippen LogP contribution in [0.15, 0.2) is 47.3 Å². The normalized spacial score (nSPS) is 18.3. The number of hydrogen-bond acceptors (Lipinski definition) is 8. The minimum Gasteiger partial charge on any atom is -0.496 e. The van der Waals surface area contributed by atoms with Gasteiger partial charge in [-0.25, -0.2) is 0 Å². The summed E-state index contributed by atoms with van der Waals surface area (Å²) < 4.78 is 25.3. The van der Waals surface area contributed by atoms with Gasteiger partial charge in [-0.1, -0.05) is 24.3 Å². The lowest BCUT2D eigenvalue weighted by Crippen LogP contribution is -2.52. The summed E-state index contributed by atoms with van der Waals surface area (Å²) in [6.45, 7) is 4.37. The molecule has 1 aromatic heterocycles. The van der Waals surface area contributed by atoms with E-state index in [1.165, 1.54) is 14.0 Å². The van der Waals surface area contributed by atoms with Crippen molar-refractivity contribution in [2.75, 3.05) is 13.7 Å². The lowest BCUT2D eigenvalue weighted by Gasteiger charge is -2.43. The third-order valence-electron chi connectivity index (χ3n) is 6.85. The summed E-state index contributed by atoms with van der Waals surface area (Å²) in [5, 5.41) is 2.71. The number of ether oxygens (including phenoxy) is 4. The molecule has 2 atom stereocenters. The number of carbonyl (C=O) groups excluding carboxylic acids is 2. The SMILES string of the molecule is COc1cc2c(c3c1c(=O)c1cc4ccccc4cc1n3C)[C@H](OC(C)=O)[C@H](OC(=O)CN)C(C)(C)O2. The molecule has 5 rings (SSSR count). The van der Waals surface area contributed by atoms with E-state index in [0.717, 1.165) is 10.8 Å². The van der Waals surface area contributed by atoms with E-state index in [1.807, 2.05) is 48.0 Å². The molecule has 4 aromatic rings. The highest BCUT2D eigenvalue weighted by molar-refractivity contribution is 6.04. The van der Waals surface area contributed by atoms with E-state index in [9.17, 15) is 14.4 Å². The number of nitrogens with two attached hydrogens (primary N) is 1. The molecule has 1 aliphatic rings. The summed E-state index contributed by atoms with van der Waals surface area (Å²) in [5.74, 6) is -0.580. The van der Waals surface area contributed by atoms with E-state index in [-0.39, 0.29) is 12.0 Å². The largest absolute Gasteiger partial charge is 0.496 e. The Hall–Kier alpha value is -4.11. The Kier molecular flexibility index (Phi) is 5.83. The molecule has 37 heavy (non-hydrogen) atoms. The van der Waals surface area contributed by atoms with Crippen molar-refractivity contribution in [1.82, 2.24) is 4.57 Å². The number of rotatable bonds is 4. The first kappa shape index (κ1) is 24.6. The number of fused-ring (bicyclic) bond motifs is 5. The topological polar surface area (TPSA) is 119 Å². The van der Waals surface area contributed by atoms with Crippen LogP contribution in [0.5, 0.6) is 11.5 Å². The first-order valence-electron chi connectivity index (χ1n) is 11.9. The van der Waals surface area contributed by atoms with Crippen LogP contribution in [-0.4, -0.2) is 41.9 Å². The van der Waals surface area contributed by atoms with Crippen molar-refractivity contribution in [2.24, 2.45) is 12.8 Å². The number of methoxy groups -OCH3 is 1. The minimum absolute atomic E-state index is 0.240. The number of hydrogen-bond donors (Lipinski definition) is 1. The second-order valence-corrected chi connectivity index (χ2v) is 9.67. The van der Waals surface area contributed by atoms with Gasteiger partial charge < -0.3 is 29.2 Å². The van der Waals surface area contributed by atoms with E-state index >= 15 is 0 Å². The number of aromatic nitrogens is 1. The number of carbonyl (C=O) groups is 2. The van der Waals surface area contributed by atoms with E-state index in [4.69, 9.17) is 24.7 Å². The summed E-state index contributed by atoms with van der Waals surface area (Å²) in [6.07, 6.45) is -2.09. The molecule has 0 aliphatic carbocycles. The van der Waals surface area contributed by atoms with Crippen molar-refractivity contribution in [3.63, 3.8) is 0 Å². The highest BCUT2D eigenvalue weighted by atomic mass is 16.6. The van der Waals surface area contributed by atoms with Crippen molar-refractivity contribution in [3.05, 3.63) is 58.3 Å². The van der Waals surface area contributed by atoms with Crippen molar-refractivity contribution in [2.45, 2.75) is 38.6 Å². The van der Waals surface area contributed by atoms with E-state index in [1.54, 1.807) is 19.9 Å². The van der Waals surface area contributed by atoms with Crippen molar-refractivity contribution >= 4 is 44.5 Å². The molecular weight excluding hydrogens is 476 g/mol. The lowest BCUT2D eigenvalue weighted by atomic mass is 9.86. The third kappa shape index (κ3) is 3.86. The number of pyridine rings is 1. The number of esters is 2. The van der Waals surface area contributed by atoms with Crippen LogP contribution in [0.3, 0.4) is 0 Å². The molecule has 3 aromatic carbocycles. The fourth-order valence-corrected chi connectivity index (χ4v) is 5.22. The average molecular weight is 505 g/mol. The molecule has 2 heterocycles. The monoisotopic (exact) mass is 504 g/mol. The molecule has 1 aliphatic heterocycles. The van der Waals surface area contributed by atoms with Gasteiger partial charge in [-0.05, 0) is 36.8 Å². The first-order valence-corrected chi connectivity index (χ1v) is 11.9. The van der Waals surface area contributed by atoms with Gasteiger partial charge in [-0.2, -0.15) is 0 Å². The van der Waals surface area contributed by atoms with Gasteiger partial charge in [0.15, 0.2) is 12.2 Å². The molecule has 0 saturated carbocycles. The van der Waals surface area contributed by atoms with Crippen LogP contribution < -0.4 is 20.6 Å². The highest BCUT2D eigenvalue weighted by Crippen LogP contribution is 2.49. The van der Waals surface area contributed by atoms with Crippen LogP contribution in [0.1, 0.15) is 32.4 Å². The fraction of sp³-hybridized carbons (Fsp3) is 0.321. The molecule has 0 unspecified atom stereocenters. The van der Waals surface area contributed by atoms with Crippen LogP contribution in [0.2, 0.25) is 0 Å². The molecular formula is C28H28N2O7. The summed E-state index contributed by atoms with van der Waals surface area (Å²) in [7, 11) is 3.30. The molecule has 0 spiro atoms. The Balaban J connectivity index is 1.93. The Bertz CT molecular complexity index is 1650. The molecule has 0 radical (unpaired) electrons. The predicted molar refractivity (Wildman–Crippen MR) is 139 cm³/mol. The number of benzene rings is 3. The zero-order valence-corrected chi connectivity index (χ0v) is 21.3. The van der Waals surface area contributed by atoms with Gasteiger partial charge >= 0.3 is 11.9 Å². The van der Waals surface area contributed by atoms with Crippen LogP contribution in [0.4, 0.5) is 0 Å². The zero-order valence-electron chi connectivity index (χ0n) is 21.3. The summed E-state index contributed by atoms with van der Waals surface area (Å²) in [5.41, 5.74) is 5.72. The van der Waals surface area contributed by atoms with Gasteiger partial charge in [0.05, 0.1) is 35.6 Å². The van der Waals surface area contributed by atoms with Gasteiger partial charge in [0.25, 0.3) is 0 Å². The molecule has 0 saturated heterocycles. The van der Waals surface area contributed by atoms with Gasteiger partial charge in [0, 0.05) is 25.4 Å². The molecule has 0 amide bonds. The van der Waals surface area contributed by atoms with Gasteiger partial charge in [0.1, 0.15) is 17.1 Å². The minimum atomic E-state index is -1.09. The number of nitrogens with zero attached hydrogens (tertiary/aromatic N) is 1. The Morgan fingerprint density at radius 3 is 2.41 bits per heavy atom. The Labute approximate surface area is 212 Å². The maximum Gasteiger partial charge on any atom is 0.320 e.